The van der Waals surface area contributed by atoms with Crippen molar-refractivity contribution in [2.45, 2.75) is 19.9 Å². The number of aromatic nitrogens is 3. The van der Waals surface area contributed by atoms with E-state index in [9.17, 15) is 9.59 Å². The van der Waals surface area contributed by atoms with Gasteiger partial charge in [-0.05, 0) is 24.1 Å². The van der Waals surface area contributed by atoms with Gasteiger partial charge in [-0.2, -0.15) is 5.10 Å². The summed E-state index contributed by atoms with van der Waals surface area (Å²) in [5.41, 5.74) is 2.18. The van der Waals surface area contributed by atoms with Gasteiger partial charge in [0.25, 0.3) is 11.7 Å². The van der Waals surface area contributed by atoms with Gasteiger partial charge in [0.15, 0.2) is 0 Å². The molecule has 3 rings (SSSR count). The summed E-state index contributed by atoms with van der Waals surface area (Å²) in [6, 6.07) is 5.56. The Hall–Kier alpha value is -2.50. The van der Waals surface area contributed by atoms with Crippen LogP contribution in [0.15, 0.2) is 24.5 Å². The van der Waals surface area contributed by atoms with Crippen molar-refractivity contribution in [2.24, 2.45) is 7.05 Å². The van der Waals surface area contributed by atoms with Crippen LogP contribution in [0.4, 0.5) is 5.69 Å². The Balaban J connectivity index is 2.00. The SMILES string of the molecule is CCc1ccc2c(c1)C(=O)C(=O)N2Cc1ncnn1C. The molecule has 0 saturated carbocycles. The molecular weight excluding hydrogens is 256 g/mol. The van der Waals surface area contributed by atoms with E-state index < -0.39 is 11.7 Å². The van der Waals surface area contributed by atoms with Crippen molar-refractivity contribution in [1.82, 2.24) is 14.8 Å². The molecule has 1 aliphatic rings. The lowest BCUT2D eigenvalue weighted by molar-refractivity contribution is -0.114. The summed E-state index contributed by atoms with van der Waals surface area (Å²) in [4.78, 5) is 29.7. The van der Waals surface area contributed by atoms with E-state index in [0.717, 1.165) is 12.0 Å². The van der Waals surface area contributed by atoms with E-state index in [1.54, 1.807) is 17.8 Å². The van der Waals surface area contributed by atoms with Gasteiger partial charge in [-0.15, -0.1) is 0 Å². The first kappa shape index (κ1) is 12.5. The molecule has 0 radical (unpaired) electrons. The number of hydrogen-bond donors (Lipinski definition) is 0. The van der Waals surface area contributed by atoms with Gasteiger partial charge in [0.2, 0.25) is 0 Å². The minimum atomic E-state index is -0.503. The fourth-order valence-electron chi connectivity index (χ4n) is 2.33. The molecule has 0 unspecified atom stereocenters. The molecule has 0 atom stereocenters. The van der Waals surface area contributed by atoms with Crippen LogP contribution in [0.3, 0.4) is 0 Å². The summed E-state index contributed by atoms with van der Waals surface area (Å²) < 4.78 is 1.59. The number of benzene rings is 1. The summed E-state index contributed by atoms with van der Waals surface area (Å²) in [7, 11) is 1.76. The van der Waals surface area contributed by atoms with E-state index in [1.807, 2.05) is 19.1 Å². The number of anilines is 1. The molecule has 1 amide bonds. The van der Waals surface area contributed by atoms with E-state index in [2.05, 4.69) is 10.1 Å². The third-order valence-electron chi connectivity index (χ3n) is 3.55. The second-order valence-electron chi connectivity index (χ2n) is 4.73. The monoisotopic (exact) mass is 270 g/mol. The Morgan fingerprint density at radius 1 is 1.25 bits per heavy atom. The van der Waals surface area contributed by atoms with E-state index in [0.29, 0.717) is 17.1 Å². The summed E-state index contributed by atoms with van der Waals surface area (Å²) in [5.74, 6) is -0.313. The second-order valence-corrected chi connectivity index (χ2v) is 4.73. The highest BCUT2D eigenvalue weighted by atomic mass is 16.2. The van der Waals surface area contributed by atoms with Crippen LogP contribution in [0.5, 0.6) is 0 Å². The smallest absolute Gasteiger partial charge is 0.297 e. The molecule has 1 aliphatic heterocycles. The average Bonchev–Trinajstić information content (AvgIpc) is 2.96. The minimum absolute atomic E-state index is 0.250. The number of amides is 1. The van der Waals surface area contributed by atoms with Crippen LogP contribution in [-0.2, 0) is 24.8 Å². The summed E-state index contributed by atoms with van der Waals surface area (Å²) >= 11 is 0. The summed E-state index contributed by atoms with van der Waals surface area (Å²) in [6.07, 6.45) is 2.26. The van der Waals surface area contributed by atoms with Crippen molar-refractivity contribution in [1.29, 1.82) is 0 Å². The van der Waals surface area contributed by atoms with Crippen LogP contribution in [0.25, 0.3) is 0 Å². The largest absolute Gasteiger partial charge is 0.299 e. The number of carbonyl (C=O) groups is 2. The normalized spacial score (nSPS) is 14.0. The van der Waals surface area contributed by atoms with Gasteiger partial charge < -0.3 is 0 Å². The number of fused-ring (bicyclic) bond motifs is 1. The number of ketones is 1. The molecule has 2 aromatic rings. The highest BCUT2D eigenvalue weighted by Crippen LogP contribution is 2.30. The first-order valence-electron chi connectivity index (χ1n) is 6.43. The van der Waals surface area contributed by atoms with Gasteiger partial charge in [0.05, 0.1) is 17.8 Å². The fraction of sp³-hybridized carbons (Fsp3) is 0.286. The van der Waals surface area contributed by atoms with E-state index >= 15 is 0 Å². The van der Waals surface area contributed by atoms with Crippen LogP contribution in [0.1, 0.15) is 28.7 Å². The number of aryl methyl sites for hydroxylation is 2. The van der Waals surface area contributed by atoms with E-state index in [1.165, 1.54) is 11.2 Å². The molecule has 20 heavy (non-hydrogen) atoms. The number of nitrogens with zero attached hydrogens (tertiary/aromatic N) is 4. The summed E-state index contributed by atoms with van der Waals surface area (Å²) in [6.45, 7) is 2.26. The molecule has 0 spiro atoms. The maximum Gasteiger partial charge on any atom is 0.299 e. The van der Waals surface area contributed by atoms with Crippen molar-refractivity contribution >= 4 is 17.4 Å². The molecule has 6 heteroatoms. The highest BCUT2D eigenvalue weighted by Gasteiger charge is 2.36. The Kier molecular flexibility index (Phi) is 2.85. The van der Waals surface area contributed by atoms with Crippen molar-refractivity contribution in [3.63, 3.8) is 0 Å². The number of hydrogen-bond acceptors (Lipinski definition) is 4. The van der Waals surface area contributed by atoms with Gasteiger partial charge in [0, 0.05) is 7.05 Å². The lowest BCUT2D eigenvalue weighted by Gasteiger charge is -2.15. The minimum Gasteiger partial charge on any atom is -0.297 e. The van der Waals surface area contributed by atoms with Crippen molar-refractivity contribution < 1.29 is 9.59 Å². The van der Waals surface area contributed by atoms with Crippen LogP contribution in [-0.4, -0.2) is 26.5 Å². The Morgan fingerprint density at radius 2 is 2.05 bits per heavy atom. The van der Waals surface area contributed by atoms with Gasteiger partial charge in [-0.3, -0.25) is 19.2 Å². The van der Waals surface area contributed by atoms with Crippen LogP contribution < -0.4 is 4.90 Å². The third kappa shape index (κ3) is 1.80. The maximum atomic E-state index is 12.1. The topological polar surface area (TPSA) is 68.1 Å². The standard InChI is InChI=1S/C14H14N4O2/c1-3-9-4-5-11-10(6-9)13(19)14(20)18(11)7-12-15-8-16-17(12)2/h4-6,8H,3,7H2,1-2H3. The molecule has 1 aromatic carbocycles. The van der Waals surface area contributed by atoms with Crippen LogP contribution >= 0.6 is 0 Å². The average molecular weight is 270 g/mol. The molecule has 102 valence electrons. The van der Waals surface area contributed by atoms with Gasteiger partial charge >= 0.3 is 0 Å². The molecule has 0 saturated heterocycles. The summed E-state index contributed by atoms with van der Waals surface area (Å²) in [5, 5.41) is 3.97. The quantitative estimate of drug-likeness (QED) is 0.783. The molecule has 1 aromatic heterocycles. The lowest BCUT2D eigenvalue weighted by Crippen LogP contribution is -2.30. The first-order valence-corrected chi connectivity index (χ1v) is 6.43. The molecular formula is C14H14N4O2. The Morgan fingerprint density at radius 3 is 2.70 bits per heavy atom. The van der Waals surface area contributed by atoms with Crippen LogP contribution in [0, 0.1) is 0 Å². The van der Waals surface area contributed by atoms with E-state index in [4.69, 9.17) is 0 Å². The molecule has 0 fully saturated rings. The molecule has 6 nitrogen and oxygen atoms in total. The Labute approximate surface area is 116 Å². The van der Waals surface area contributed by atoms with Gasteiger partial charge in [0.1, 0.15) is 12.2 Å². The number of Topliss-reactive ketones (excluding diaryl/α,β-unsaturated/α-hetero) is 1. The molecule has 2 heterocycles. The first-order chi connectivity index (χ1) is 9.61. The highest BCUT2D eigenvalue weighted by molar-refractivity contribution is 6.52. The predicted octanol–water partition coefficient (Wildman–Crippen LogP) is 1.11. The van der Waals surface area contributed by atoms with Crippen molar-refractivity contribution in [3.8, 4) is 0 Å². The zero-order chi connectivity index (χ0) is 14.3. The zero-order valence-electron chi connectivity index (χ0n) is 11.3. The lowest BCUT2D eigenvalue weighted by atomic mass is 10.1. The zero-order valence-corrected chi connectivity index (χ0v) is 11.3. The predicted molar refractivity (Wildman–Crippen MR) is 72.3 cm³/mol. The Bertz CT molecular complexity index is 705. The fourth-order valence-corrected chi connectivity index (χ4v) is 2.33. The van der Waals surface area contributed by atoms with Gasteiger partial charge in [-0.25, -0.2) is 4.98 Å². The van der Waals surface area contributed by atoms with Crippen LogP contribution in [0.2, 0.25) is 0 Å². The molecule has 0 bridgehead atoms. The second kappa shape index (κ2) is 4.56. The maximum absolute atomic E-state index is 12.1. The van der Waals surface area contributed by atoms with Crippen molar-refractivity contribution in [2.75, 3.05) is 4.90 Å². The third-order valence-corrected chi connectivity index (χ3v) is 3.55. The molecule has 0 N–H and O–H groups in total. The molecule has 0 aliphatic carbocycles. The van der Waals surface area contributed by atoms with E-state index in [-0.39, 0.29) is 6.54 Å². The van der Waals surface area contributed by atoms with Crippen molar-refractivity contribution in [3.05, 3.63) is 41.5 Å². The number of rotatable bonds is 3. The number of carbonyl (C=O) groups excluding carboxylic acids is 2. The van der Waals surface area contributed by atoms with Gasteiger partial charge in [-0.1, -0.05) is 13.0 Å².